The minimum Gasteiger partial charge on any atom is -0.435 e. The molecule has 3 nitrogen and oxygen atoms in total. The van der Waals surface area contributed by atoms with Crippen LogP contribution in [-0.4, -0.2) is 4.98 Å². The molecule has 0 spiro atoms. The van der Waals surface area contributed by atoms with Crippen LogP contribution in [0.3, 0.4) is 0 Å². The molecule has 2 rings (SSSR count). The van der Waals surface area contributed by atoms with Crippen molar-refractivity contribution in [1.82, 2.24) is 4.98 Å². The first-order valence-corrected chi connectivity index (χ1v) is 6.61. The summed E-state index contributed by atoms with van der Waals surface area (Å²) in [5, 5.41) is 0. The van der Waals surface area contributed by atoms with Gasteiger partial charge < -0.3 is 10.5 Å². The lowest BCUT2D eigenvalue weighted by molar-refractivity contribution is 0.424. The van der Waals surface area contributed by atoms with E-state index in [4.69, 9.17) is 10.5 Å². The van der Waals surface area contributed by atoms with Gasteiger partial charge in [-0.05, 0) is 46.6 Å². The Morgan fingerprint density at radius 2 is 2.06 bits per heavy atom. The fourth-order valence-electron chi connectivity index (χ4n) is 1.30. The number of halogens is 3. The highest BCUT2D eigenvalue weighted by atomic mass is 79.9. The Kier molecular flexibility index (Phi) is 3.87. The van der Waals surface area contributed by atoms with Gasteiger partial charge in [0.15, 0.2) is 11.6 Å². The average Bonchev–Trinajstić information content (AvgIpc) is 2.33. The lowest BCUT2D eigenvalue weighted by Crippen LogP contribution is -1.97. The summed E-state index contributed by atoms with van der Waals surface area (Å²) in [5.41, 5.74) is 7.05. The zero-order chi connectivity index (χ0) is 13.3. The molecule has 0 fully saturated rings. The molecule has 0 atom stereocenters. The van der Waals surface area contributed by atoms with Crippen LogP contribution in [0.25, 0.3) is 0 Å². The van der Waals surface area contributed by atoms with E-state index in [1.165, 1.54) is 18.3 Å². The van der Waals surface area contributed by atoms with Gasteiger partial charge in [-0.3, -0.25) is 0 Å². The quantitative estimate of drug-likeness (QED) is 0.844. The molecule has 18 heavy (non-hydrogen) atoms. The molecule has 1 heterocycles. The van der Waals surface area contributed by atoms with Crippen molar-refractivity contribution < 1.29 is 9.13 Å². The van der Waals surface area contributed by atoms with Gasteiger partial charge in [0.05, 0.1) is 16.4 Å². The monoisotopic (exact) mass is 374 g/mol. The highest BCUT2D eigenvalue weighted by molar-refractivity contribution is 9.10. The second-order valence-electron chi connectivity index (χ2n) is 3.63. The number of nitrogens with zero attached hydrogens (tertiary/aromatic N) is 1. The highest BCUT2D eigenvalue weighted by Gasteiger charge is 2.12. The van der Waals surface area contributed by atoms with Gasteiger partial charge in [-0.15, -0.1) is 0 Å². The summed E-state index contributed by atoms with van der Waals surface area (Å²) in [4.78, 5) is 4.02. The van der Waals surface area contributed by atoms with Crippen LogP contribution >= 0.6 is 31.9 Å². The summed E-state index contributed by atoms with van der Waals surface area (Å²) in [6.07, 6.45) is 1.48. The minimum atomic E-state index is -0.465. The fourth-order valence-corrected chi connectivity index (χ4v) is 2.05. The van der Waals surface area contributed by atoms with Gasteiger partial charge in [0.25, 0.3) is 0 Å². The second kappa shape index (κ2) is 5.24. The standard InChI is InChI=1S/C12H9Br2FN2O/c1-6-9(16)5-17-12(11(6)14)18-10-3-2-7(13)4-8(10)15/h2-5H,16H2,1H3. The fraction of sp³-hybridized carbons (Fsp3) is 0.0833. The summed E-state index contributed by atoms with van der Waals surface area (Å²) < 4.78 is 20.3. The summed E-state index contributed by atoms with van der Waals surface area (Å²) >= 11 is 6.51. The van der Waals surface area contributed by atoms with E-state index in [1.54, 1.807) is 6.07 Å². The van der Waals surface area contributed by atoms with E-state index >= 15 is 0 Å². The lowest BCUT2D eigenvalue weighted by atomic mass is 10.2. The number of hydrogen-bond donors (Lipinski definition) is 1. The predicted octanol–water partition coefficient (Wildman–Crippen LogP) is 4.43. The molecule has 94 valence electrons. The third-order valence-electron chi connectivity index (χ3n) is 2.37. The minimum absolute atomic E-state index is 0.107. The van der Waals surface area contributed by atoms with Crippen LogP contribution < -0.4 is 10.5 Å². The summed E-state index contributed by atoms with van der Waals surface area (Å²) in [7, 11) is 0. The largest absolute Gasteiger partial charge is 0.435 e. The zero-order valence-corrected chi connectivity index (χ0v) is 12.5. The molecule has 0 saturated heterocycles. The number of anilines is 1. The lowest BCUT2D eigenvalue weighted by Gasteiger charge is -2.10. The van der Waals surface area contributed by atoms with E-state index in [1.807, 2.05) is 6.92 Å². The van der Waals surface area contributed by atoms with E-state index in [0.29, 0.717) is 14.6 Å². The third kappa shape index (κ3) is 2.64. The van der Waals surface area contributed by atoms with Crippen molar-refractivity contribution in [3.8, 4) is 11.6 Å². The van der Waals surface area contributed by atoms with Crippen LogP contribution in [0.15, 0.2) is 33.3 Å². The first kappa shape index (κ1) is 13.3. The molecule has 0 aliphatic carbocycles. The Morgan fingerprint density at radius 1 is 1.33 bits per heavy atom. The molecule has 0 aliphatic rings. The van der Waals surface area contributed by atoms with Crippen LogP contribution in [0.4, 0.5) is 10.1 Å². The van der Waals surface area contributed by atoms with Crippen molar-refractivity contribution in [2.24, 2.45) is 0 Å². The summed E-state index contributed by atoms with van der Waals surface area (Å²) in [5.74, 6) is -0.0777. The SMILES string of the molecule is Cc1c(N)cnc(Oc2ccc(Br)cc2F)c1Br. The molecule has 0 bridgehead atoms. The van der Waals surface area contributed by atoms with Crippen LogP contribution in [-0.2, 0) is 0 Å². The van der Waals surface area contributed by atoms with Gasteiger partial charge in [0, 0.05) is 4.47 Å². The Bertz CT molecular complexity index is 605. The Labute approximate surface area is 120 Å². The topological polar surface area (TPSA) is 48.1 Å². The number of benzene rings is 1. The maximum atomic E-state index is 13.6. The number of nitrogens with two attached hydrogens (primary N) is 1. The Balaban J connectivity index is 2.37. The Morgan fingerprint density at radius 3 is 2.72 bits per heavy atom. The van der Waals surface area contributed by atoms with E-state index in [-0.39, 0.29) is 11.6 Å². The van der Waals surface area contributed by atoms with Gasteiger partial charge in [-0.25, -0.2) is 9.37 Å². The molecular formula is C12H9Br2FN2O. The highest BCUT2D eigenvalue weighted by Crippen LogP contribution is 2.34. The van der Waals surface area contributed by atoms with Gasteiger partial charge in [-0.2, -0.15) is 0 Å². The van der Waals surface area contributed by atoms with Crippen LogP contribution in [0.2, 0.25) is 0 Å². The molecule has 1 aromatic heterocycles. The summed E-state index contributed by atoms with van der Waals surface area (Å²) in [6, 6.07) is 4.54. The number of hydrogen-bond acceptors (Lipinski definition) is 3. The van der Waals surface area contributed by atoms with Crippen molar-refractivity contribution >= 4 is 37.5 Å². The Hall–Kier alpha value is -1.14. The van der Waals surface area contributed by atoms with Crippen molar-refractivity contribution in [2.75, 3.05) is 5.73 Å². The van der Waals surface area contributed by atoms with Gasteiger partial charge >= 0.3 is 0 Å². The second-order valence-corrected chi connectivity index (χ2v) is 5.34. The number of rotatable bonds is 2. The first-order valence-electron chi connectivity index (χ1n) is 5.02. The first-order chi connectivity index (χ1) is 8.49. The maximum absolute atomic E-state index is 13.6. The number of nitrogen functional groups attached to an aromatic ring is 1. The van der Waals surface area contributed by atoms with Crippen LogP contribution in [0, 0.1) is 12.7 Å². The van der Waals surface area contributed by atoms with E-state index in [0.717, 1.165) is 5.56 Å². The van der Waals surface area contributed by atoms with Gasteiger partial charge in [0.2, 0.25) is 5.88 Å². The molecule has 0 unspecified atom stereocenters. The normalized spacial score (nSPS) is 10.4. The number of pyridine rings is 1. The molecule has 2 N–H and O–H groups in total. The van der Waals surface area contributed by atoms with E-state index in [2.05, 4.69) is 36.8 Å². The molecule has 0 aliphatic heterocycles. The van der Waals surface area contributed by atoms with E-state index < -0.39 is 5.82 Å². The molecule has 2 aromatic rings. The smallest absolute Gasteiger partial charge is 0.234 e. The van der Waals surface area contributed by atoms with Crippen LogP contribution in [0.5, 0.6) is 11.6 Å². The zero-order valence-electron chi connectivity index (χ0n) is 9.38. The van der Waals surface area contributed by atoms with Crippen LogP contribution in [0.1, 0.15) is 5.56 Å². The van der Waals surface area contributed by atoms with Crippen molar-refractivity contribution in [3.63, 3.8) is 0 Å². The molecule has 0 amide bonds. The molecular weight excluding hydrogens is 367 g/mol. The van der Waals surface area contributed by atoms with Gasteiger partial charge in [0.1, 0.15) is 0 Å². The van der Waals surface area contributed by atoms with Crippen molar-refractivity contribution in [2.45, 2.75) is 6.92 Å². The maximum Gasteiger partial charge on any atom is 0.234 e. The average molecular weight is 376 g/mol. The number of aromatic nitrogens is 1. The molecule has 6 heteroatoms. The van der Waals surface area contributed by atoms with Crippen molar-refractivity contribution in [1.29, 1.82) is 0 Å². The predicted molar refractivity (Wildman–Crippen MR) is 75.3 cm³/mol. The van der Waals surface area contributed by atoms with Crippen molar-refractivity contribution in [3.05, 3.63) is 44.7 Å². The summed E-state index contributed by atoms with van der Waals surface area (Å²) in [6.45, 7) is 1.83. The van der Waals surface area contributed by atoms with Gasteiger partial charge in [-0.1, -0.05) is 15.9 Å². The molecule has 0 saturated carbocycles. The third-order valence-corrected chi connectivity index (χ3v) is 3.80. The molecule has 1 aromatic carbocycles. The molecule has 0 radical (unpaired) electrons. The van der Waals surface area contributed by atoms with E-state index in [9.17, 15) is 4.39 Å². The number of ether oxygens (including phenoxy) is 1.